The maximum Gasteiger partial charge on any atom is 0.234 e. The number of carbonyl (C=O) groups excluding carboxylic acids is 1. The van der Waals surface area contributed by atoms with Crippen LogP contribution in [0, 0.1) is 23.2 Å². The van der Waals surface area contributed by atoms with E-state index in [0.29, 0.717) is 5.91 Å². The van der Waals surface area contributed by atoms with Crippen molar-refractivity contribution in [2.45, 2.75) is 44.3 Å². The number of carbonyl (C=O) groups is 1. The van der Waals surface area contributed by atoms with Gasteiger partial charge in [0.1, 0.15) is 0 Å². The van der Waals surface area contributed by atoms with E-state index in [9.17, 15) is 4.79 Å². The number of aliphatic imine (C=N–C) groups is 1. The third kappa shape index (κ3) is 2.83. The number of amidine groups is 1. The van der Waals surface area contributed by atoms with Gasteiger partial charge >= 0.3 is 0 Å². The number of nitrogens with zero attached hydrogens (tertiary/aromatic N) is 2. The second-order valence-electron chi connectivity index (χ2n) is 8.59. The lowest BCUT2D eigenvalue weighted by molar-refractivity contribution is -0.152. The molecule has 0 aromatic heterocycles. The highest BCUT2D eigenvalue weighted by atomic mass is 32.2. The summed E-state index contributed by atoms with van der Waals surface area (Å²) >= 11 is 1.73. The normalized spacial score (nSPS) is 35.9. The number of hydrogen-bond acceptors (Lipinski definition) is 3. The molecule has 6 rings (SSSR count). The van der Waals surface area contributed by atoms with Gasteiger partial charge in [0.2, 0.25) is 5.91 Å². The molecule has 4 heteroatoms. The number of thioether (sulfide) groups is 1. The molecule has 1 amide bonds. The van der Waals surface area contributed by atoms with Crippen LogP contribution in [-0.2, 0) is 10.5 Å². The van der Waals surface area contributed by atoms with Crippen molar-refractivity contribution in [3.05, 3.63) is 35.9 Å². The molecule has 0 spiro atoms. The highest BCUT2D eigenvalue weighted by Crippen LogP contribution is 2.60. The second-order valence-corrected chi connectivity index (χ2v) is 9.54. The predicted molar refractivity (Wildman–Crippen MR) is 102 cm³/mol. The fourth-order valence-corrected chi connectivity index (χ4v) is 7.12. The summed E-state index contributed by atoms with van der Waals surface area (Å²) in [6, 6.07) is 10.5. The topological polar surface area (TPSA) is 32.7 Å². The lowest BCUT2D eigenvalue weighted by Gasteiger charge is -2.56. The molecule has 0 N–H and O–H groups in total. The lowest BCUT2D eigenvalue weighted by atomic mass is 9.49. The highest BCUT2D eigenvalue weighted by molar-refractivity contribution is 8.13. The van der Waals surface area contributed by atoms with Gasteiger partial charge in [-0.1, -0.05) is 42.1 Å². The molecular formula is C21H26N2OS. The molecule has 0 saturated heterocycles. The molecule has 3 nitrogen and oxygen atoms in total. The van der Waals surface area contributed by atoms with Gasteiger partial charge < -0.3 is 0 Å². The van der Waals surface area contributed by atoms with Gasteiger partial charge in [-0.05, 0) is 61.8 Å². The molecule has 1 aromatic carbocycles. The van der Waals surface area contributed by atoms with Gasteiger partial charge in [-0.15, -0.1) is 0 Å². The van der Waals surface area contributed by atoms with Gasteiger partial charge in [-0.3, -0.25) is 14.7 Å². The molecule has 132 valence electrons. The first-order chi connectivity index (χ1) is 12.2. The van der Waals surface area contributed by atoms with Crippen LogP contribution in [0.1, 0.15) is 44.1 Å². The molecule has 5 aliphatic rings. The SMILES string of the molecule is O=C(N1CCN=C1SCc1ccccc1)C12CC3CC(CC(C3)C1)C2. The molecule has 4 aliphatic carbocycles. The number of amides is 1. The summed E-state index contributed by atoms with van der Waals surface area (Å²) in [4.78, 5) is 20.3. The molecule has 1 aromatic rings. The van der Waals surface area contributed by atoms with Crippen LogP contribution < -0.4 is 0 Å². The van der Waals surface area contributed by atoms with E-state index in [1.165, 1.54) is 24.8 Å². The van der Waals surface area contributed by atoms with Crippen molar-refractivity contribution >= 4 is 22.8 Å². The predicted octanol–water partition coefficient (Wildman–Crippen LogP) is 4.33. The minimum atomic E-state index is -0.0484. The van der Waals surface area contributed by atoms with Crippen LogP contribution in [0.5, 0.6) is 0 Å². The van der Waals surface area contributed by atoms with E-state index in [4.69, 9.17) is 0 Å². The van der Waals surface area contributed by atoms with Crippen LogP contribution in [0.15, 0.2) is 35.3 Å². The van der Waals surface area contributed by atoms with Crippen LogP contribution in [0.25, 0.3) is 0 Å². The van der Waals surface area contributed by atoms with E-state index < -0.39 is 0 Å². The van der Waals surface area contributed by atoms with Gasteiger partial charge in [0.05, 0.1) is 12.0 Å². The summed E-state index contributed by atoms with van der Waals surface area (Å²) in [7, 11) is 0. The first kappa shape index (κ1) is 15.9. The Labute approximate surface area is 154 Å². The quantitative estimate of drug-likeness (QED) is 0.809. The fraction of sp³-hybridized carbons (Fsp3) is 0.619. The molecule has 1 heterocycles. The molecule has 4 saturated carbocycles. The molecule has 25 heavy (non-hydrogen) atoms. The third-order valence-electron chi connectivity index (χ3n) is 6.75. The van der Waals surface area contributed by atoms with E-state index in [-0.39, 0.29) is 5.41 Å². The summed E-state index contributed by atoms with van der Waals surface area (Å²) in [6.45, 7) is 1.56. The zero-order valence-corrected chi connectivity index (χ0v) is 15.5. The summed E-state index contributed by atoms with van der Waals surface area (Å²) in [5, 5.41) is 0.963. The van der Waals surface area contributed by atoms with Gasteiger partial charge in [-0.25, -0.2) is 0 Å². The second kappa shape index (κ2) is 6.15. The van der Waals surface area contributed by atoms with Crippen molar-refractivity contribution in [3.63, 3.8) is 0 Å². The van der Waals surface area contributed by atoms with Crippen LogP contribution in [0.4, 0.5) is 0 Å². The lowest BCUT2D eigenvalue weighted by Crippen LogP contribution is -2.55. The zero-order chi connectivity index (χ0) is 16.9. The number of hydrogen-bond donors (Lipinski definition) is 0. The molecule has 4 fully saturated rings. The summed E-state index contributed by atoms with van der Waals surface area (Å²) < 4.78 is 0. The van der Waals surface area contributed by atoms with Crippen molar-refractivity contribution in [1.29, 1.82) is 0 Å². The highest BCUT2D eigenvalue weighted by Gasteiger charge is 2.56. The first-order valence-electron chi connectivity index (χ1n) is 9.75. The Morgan fingerprint density at radius 2 is 1.72 bits per heavy atom. The number of rotatable bonds is 3. The Balaban J connectivity index is 1.31. The summed E-state index contributed by atoms with van der Waals surface area (Å²) in [5.41, 5.74) is 1.25. The van der Waals surface area contributed by atoms with Crippen molar-refractivity contribution < 1.29 is 4.79 Å². The van der Waals surface area contributed by atoms with Gasteiger partial charge in [0.15, 0.2) is 5.17 Å². The van der Waals surface area contributed by atoms with Crippen molar-refractivity contribution in [1.82, 2.24) is 4.90 Å². The van der Waals surface area contributed by atoms with Gasteiger partial charge in [-0.2, -0.15) is 0 Å². The summed E-state index contributed by atoms with van der Waals surface area (Å²) in [5.74, 6) is 3.74. The zero-order valence-electron chi connectivity index (χ0n) is 14.7. The molecule has 0 unspecified atom stereocenters. The van der Waals surface area contributed by atoms with E-state index in [1.807, 2.05) is 11.0 Å². The number of benzene rings is 1. The Hall–Kier alpha value is -1.29. The average molecular weight is 355 g/mol. The minimum absolute atomic E-state index is 0.0484. The Bertz CT molecular complexity index is 664. The van der Waals surface area contributed by atoms with E-state index in [0.717, 1.165) is 61.0 Å². The van der Waals surface area contributed by atoms with Crippen LogP contribution >= 0.6 is 11.8 Å². The monoisotopic (exact) mass is 354 g/mol. The minimum Gasteiger partial charge on any atom is -0.289 e. The van der Waals surface area contributed by atoms with Crippen molar-refractivity contribution in [2.75, 3.05) is 13.1 Å². The van der Waals surface area contributed by atoms with E-state index in [1.54, 1.807) is 11.8 Å². The molecule has 4 bridgehead atoms. The Morgan fingerprint density at radius 3 is 2.36 bits per heavy atom. The standard InChI is InChI=1S/C21H26N2OS/c24-19(21-11-16-8-17(12-21)10-18(9-16)13-21)23-7-6-22-20(23)25-14-15-4-2-1-3-5-15/h1-5,16-18H,6-14H2. The maximum absolute atomic E-state index is 13.6. The smallest absolute Gasteiger partial charge is 0.234 e. The maximum atomic E-state index is 13.6. The van der Waals surface area contributed by atoms with Crippen LogP contribution in [-0.4, -0.2) is 29.1 Å². The van der Waals surface area contributed by atoms with Crippen molar-refractivity contribution in [2.24, 2.45) is 28.2 Å². The largest absolute Gasteiger partial charge is 0.289 e. The molecule has 1 aliphatic heterocycles. The van der Waals surface area contributed by atoms with E-state index >= 15 is 0 Å². The molecule has 0 atom stereocenters. The Kier molecular flexibility index (Phi) is 3.92. The fourth-order valence-electron chi connectivity index (χ4n) is 6.12. The Morgan fingerprint density at radius 1 is 1.08 bits per heavy atom. The van der Waals surface area contributed by atoms with Crippen LogP contribution in [0.2, 0.25) is 0 Å². The van der Waals surface area contributed by atoms with Crippen molar-refractivity contribution in [3.8, 4) is 0 Å². The molecular weight excluding hydrogens is 328 g/mol. The van der Waals surface area contributed by atoms with Gasteiger partial charge in [0, 0.05) is 12.3 Å². The summed E-state index contributed by atoms with van der Waals surface area (Å²) in [6.07, 6.45) is 7.59. The first-order valence-corrected chi connectivity index (χ1v) is 10.7. The average Bonchev–Trinajstić information content (AvgIpc) is 3.07. The van der Waals surface area contributed by atoms with Crippen LogP contribution in [0.3, 0.4) is 0 Å². The molecule has 0 radical (unpaired) electrons. The van der Waals surface area contributed by atoms with Gasteiger partial charge in [0.25, 0.3) is 0 Å². The third-order valence-corrected chi connectivity index (χ3v) is 7.83. The van der Waals surface area contributed by atoms with E-state index in [2.05, 4.69) is 29.3 Å².